The molecule has 3 rings (SSSR count). The third-order valence-electron chi connectivity index (χ3n) is 2.88. The van der Waals surface area contributed by atoms with Crippen LogP contribution in [0.3, 0.4) is 0 Å². The molecule has 0 unspecified atom stereocenters. The van der Waals surface area contributed by atoms with Crippen LogP contribution >= 0.6 is 35.4 Å². The predicted molar refractivity (Wildman–Crippen MR) is 82.8 cm³/mol. The van der Waals surface area contributed by atoms with Crippen molar-refractivity contribution in [1.82, 2.24) is 14.5 Å². The standard InChI is InChI=1S/C13H9Cl2N3OS/c1-19-11-3-2-8(5-9(11)15)18-12-10(17-13(18)20)4-7(14)6-16-12/h2-6H,1H3,(H,17,20). The highest BCUT2D eigenvalue weighted by molar-refractivity contribution is 7.71. The zero-order valence-electron chi connectivity index (χ0n) is 10.4. The maximum atomic E-state index is 6.15. The average molecular weight is 326 g/mol. The Morgan fingerprint density at radius 2 is 2.10 bits per heavy atom. The fourth-order valence-corrected chi connectivity index (χ4v) is 2.72. The molecular formula is C13H9Cl2N3OS. The number of hydrogen-bond donors (Lipinski definition) is 1. The molecule has 0 bridgehead atoms. The fraction of sp³-hybridized carbons (Fsp3) is 0.0769. The van der Waals surface area contributed by atoms with Crippen molar-refractivity contribution in [3.05, 3.63) is 45.3 Å². The monoisotopic (exact) mass is 325 g/mol. The van der Waals surface area contributed by atoms with Gasteiger partial charge in [0.25, 0.3) is 0 Å². The van der Waals surface area contributed by atoms with Crippen molar-refractivity contribution in [2.75, 3.05) is 7.11 Å². The number of rotatable bonds is 2. The molecule has 0 saturated heterocycles. The van der Waals surface area contributed by atoms with Gasteiger partial charge in [0.15, 0.2) is 10.4 Å². The number of fused-ring (bicyclic) bond motifs is 1. The Hall–Kier alpha value is -1.56. The number of halogens is 2. The molecule has 1 N–H and O–H groups in total. The summed E-state index contributed by atoms with van der Waals surface area (Å²) in [5.41, 5.74) is 2.27. The van der Waals surface area contributed by atoms with E-state index in [0.717, 1.165) is 11.2 Å². The number of aromatic nitrogens is 3. The Labute approximate surface area is 129 Å². The van der Waals surface area contributed by atoms with Crippen LogP contribution in [0.15, 0.2) is 30.5 Å². The lowest BCUT2D eigenvalue weighted by molar-refractivity contribution is 0.415. The molecule has 7 heteroatoms. The van der Waals surface area contributed by atoms with Crippen LogP contribution in [0.4, 0.5) is 0 Å². The first-order chi connectivity index (χ1) is 9.60. The zero-order valence-corrected chi connectivity index (χ0v) is 12.7. The third kappa shape index (κ3) is 2.18. The van der Waals surface area contributed by atoms with Gasteiger partial charge in [0.2, 0.25) is 0 Å². The molecule has 0 radical (unpaired) electrons. The van der Waals surface area contributed by atoms with Crippen LogP contribution in [-0.2, 0) is 0 Å². The van der Waals surface area contributed by atoms with Gasteiger partial charge >= 0.3 is 0 Å². The summed E-state index contributed by atoms with van der Waals surface area (Å²) in [5, 5.41) is 1.06. The molecule has 2 aromatic heterocycles. The lowest BCUT2D eigenvalue weighted by Crippen LogP contribution is -1.96. The first-order valence-electron chi connectivity index (χ1n) is 5.70. The molecule has 20 heavy (non-hydrogen) atoms. The molecule has 0 amide bonds. The minimum atomic E-state index is 0.509. The lowest BCUT2D eigenvalue weighted by Gasteiger charge is -2.07. The number of benzene rings is 1. The summed E-state index contributed by atoms with van der Waals surface area (Å²) >= 11 is 17.4. The summed E-state index contributed by atoms with van der Waals surface area (Å²) in [6, 6.07) is 7.21. The maximum absolute atomic E-state index is 6.15. The van der Waals surface area contributed by atoms with Crippen LogP contribution in [0.1, 0.15) is 0 Å². The Kier molecular flexibility index (Phi) is 3.41. The average Bonchev–Trinajstić information content (AvgIpc) is 2.73. The summed E-state index contributed by atoms with van der Waals surface area (Å²) in [7, 11) is 1.57. The van der Waals surface area contributed by atoms with Gasteiger partial charge in [-0.05, 0) is 36.5 Å². The minimum Gasteiger partial charge on any atom is -0.495 e. The summed E-state index contributed by atoms with van der Waals surface area (Å²) in [4.78, 5) is 7.38. The van der Waals surface area contributed by atoms with E-state index in [9.17, 15) is 0 Å². The van der Waals surface area contributed by atoms with Crippen LogP contribution in [0.2, 0.25) is 10.0 Å². The molecule has 2 heterocycles. The topological polar surface area (TPSA) is 42.8 Å². The van der Waals surface area contributed by atoms with E-state index in [1.807, 2.05) is 6.07 Å². The van der Waals surface area contributed by atoms with E-state index in [1.165, 1.54) is 0 Å². The van der Waals surface area contributed by atoms with E-state index in [1.54, 1.807) is 36.1 Å². The Balaban J connectivity index is 2.26. The normalized spacial score (nSPS) is 10.9. The van der Waals surface area contributed by atoms with Crippen molar-refractivity contribution in [1.29, 1.82) is 0 Å². The predicted octanol–water partition coefficient (Wildman–Crippen LogP) is 4.40. The largest absolute Gasteiger partial charge is 0.495 e. The number of nitrogens with one attached hydrogen (secondary N) is 1. The van der Waals surface area contributed by atoms with Gasteiger partial charge in [0, 0.05) is 6.20 Å². The van der Waals surface area contributed by atoms with E-state index >= 15 is 0 Å². The second-order valence-corrected chi connectivity index (χ2v) is 5.34. The van der Waals surface area contributed by atoms with E-state index < -0.39 is 0 Å². The lowest BCUT2D eigenvalue weighted by atomic mass is 10.3. The molecule has 3 aromatic rings. The molecule has 0 fully saturated rings. The summed E-state index contributed by atoms with van der Waals surface area (Å²) in [6.07, 6.45) is 1.58. The van der Waals surface area contributed by atoms with Crippen molar-refractivity contribution in [2.45, 2.75) is 0 Å². The molecule has 1 aromatic carbocycles. The summed E-state index contributed by atoms with van der Waals surface area (Å²) in [6.45, 7) is 0. The van der Waals surface area contributed by atoms with Gasteiger partial charge in [0.05, 0.1) is 28.4 Å². The van der Waals surface area contributed by atoms with Crippen molar-refractivity contribution in [3.63, 3.8) is 0 Å². The van der Waals surface area contributed by atoms with Crippen molar-refractivity contribution < 1.29 is 4.74 Å². The van der Waals surface area contributed by atoms with Crippen molar-refractivity contribution in [3.8, 4) is 11.4 Å². The van der Waals surface area contributed by atoms with Crippen LogP contribution < -0.4 is 4.74 Å². The first-order valence-corrected chi connectivity index (χ1v) is 6.87. The molecule has 102 valence electrons. The number of imidazole rings is 1. The first kappa shape index (κ1) is 13.4. The van der Waals surface area contributed by atoms with E-state index in [-0.39, 0.29) is 0 Å². The van der Waals surface area contributed by atoms with Crippen LogP contribution in [0.25, 0.3) is 16.9 Å². The SMILES string of the molecule is COc1ccc(-n2c(=S)[nH]c3cc(Cl)cnc32)cc1Cl. The van der Waals surface area contributed by atoms with Gasteiger partial charge in [-0.25, -0.2) is 4.98 Å². The third-order valence-corrected chi connectivity index (χ3v) is 3.67. The number of H-pyrrole nitrogens is 1. The van der Waals surface area contributed by atoms with Gasteiger partial charge in [-0.15, -0.1) is 0 Å². The quantitative estimate of drug-likeness (QED) is 0.710. The van der Waals surface area contributed by atoms with Crippen molar-refractivity contribution in [2.24, 2.45) is 0 Å². The van der Waals surface area contributed by atoms with Crippen molar-refractivity contribution >= 4 is 46.6 Å². The summed E-state index contributed by atoms with van der Waals surface area (Å²) in [5.74, 6) is 0.609. The molecule has 4 nitrogen and oxygen atoms in total. The maximum Gasteiger partial charge on any atom is 0.183 e. The van der Waals surface area contributed by atoms with Gasteiger partial charge in [-0.3, -0.25) is 4.57 Å². The highest BCUT2D eigenvalue weighted by Crippen LogP contribution is 2.28. The summed E-state index contributed by atoms with van der Waals surface area (Å²) < 4.78 is 7.46. The van der Waals surface area contributed by atoms with E-state index in [0.29, 0.717) is 26.2 Å². The number of hydrogen-bond acceptors (Lipinski definition) is 3. The van der Waals surface area contributed by atoms with Gasteiger partial charge < -0.3 is 9.72 Å². The Morgan fingerprint density at radius 3 is 2.80 bits per heavy atom. The van der Waals surface area contributed by atoms with Gasteiger partial charge in [0.1, 0.15) is 5.75 Å². The second-order valence-electron chi connectivity index (χ2n) is 4.11. The molecule has 0 aliphatic heterocycles. The molecular weight excluding hydrogens is 317 g/mol. The fourth-order valence-electron chi connectivity index (χ4n) is 2.00. The highest BCUT2D eigenvalue weighted by atomic mass is 35.5. The number of ether oxygens (including phenoxy) is 1. The highest BCUT2D eigenvalue weighted by Gasteiger charge is 2.10. The zero-order chi connectivity index (χ0) is 14.3. The van der Waals surface area contributed by atoms with Crippen LogP contribution in [0.5, 0.6) is 5.75 Å². The second kappa shape index (κ2) is 5.09. The number of nitrogens with zero attached hydrogens (tertiary/aromatic N) is 2. The number of methoxy groups -OCH3 is 1. The van der Waals surface area contributed by atoms with E-state index in [2.05, 4.69) is 9.97 Å². The molecule has 0 atom stereocenters. The van der Waals surface area contributed by atoms with Gasteiger partial charge in [-0.1, -0.05) is 23.2 Å². The molecule has 0 aliphatic carbocycles. The van der Waals surface area contributed by atoms with Crippen LogP contribution in [0, 0.1) is 4.77 Å². The van der Waals surface area contributed by atoms with Gasteiger partial charge in [-0.2, -0.15) is 0 Å². The Bertz CT molecular complexity index is 856. The molecule has 0 spiro atoms. The molecule has 0 aliphatic rings. The molecule has 0 saturated carbocycles. The van der Waals surface area contributed by atoms with E-state index in [4.69, 9.17) is 40.2 Å². The smallest absolute Gasteiger partial charge is 0.183 e. The van der Waals surface area contributed by atoms with Crippen LogP contribution in [-0.4, -0.2) is 21.6 Å². The number of aromatic amines is 1. The Morgan fingerprint density at radius 1 is 1.30 bits per heavy atom. The number of pyridine rings is 1. The minimum absolute atomic E-state index is 0.509.